The Balaban J connectivity index is 1.30. The van der Waals surface area contributed by atoms with Crippen molar-refractivity contribution in [2.75, 3.05) is 27.2 Å². The topological polar surface area (TPSA) is 73.9 Å². The van der Waals surface area contributed by atoms with Crippen LogP contribution < -0.4 is 15.4 Å². The Morgan fingerprint density at radius 1 is 1.12 bits per heavy atom. The third-order valence-electron chi connectivity index (χ3n) is 7.21. The van der Waals surface area contributed by atoms with Gasteiger partial charge in [0.2, 0.25) is 11.8 Å². The highest BCUT2D eigenvalue weighted by Crippen LogP contribution is 2.28. The zero-order valence-electron chi connectivity index (χ0n) is 20.4. The molecule has 0 radical (unpaired) electrons. The molecule has 2 amide bonds. The van der Waals surface area contributed by atoms with Crippen molar-refractivity contribution in [1.29, 1.82) is 0 Å². The number of nitrogens with zero attached hydrogens (tertiary/aromatic N) is 2. The Hall–Kier alpha value is -2.90. The van der Waals surface area contributed by atoms with Crippen molar-refractivity contribution in [1.82, 2.24) is 20.4 Å². The average Bonchev–Trinajstić information content (AvgIpc) is 3.22. The summed E-state index contributed by atoms with van der Waals surface area (Å²) in [5.74, 6) is 0.938. The van der Waals surface area contributed by atoms with Crippen LogP contribution in [0.4, 0.5) is 0 Å². The Morgan fingerprint density at radius 3 is 2.53 bits per heavy atom. The molecule has 0 unspecified atom stereocenters. The molecule has 0 aromatic heterocycles. The Morgan fingerprint density at radius 2 is 1.82 bits per heavy atom. The first-order valence-corrected chi connectivity index (χ1v) is 12.1. The van der Waals surface area contributed by atoms with Gasteiger partial charge in [-0.1, -0.05) is 42.0 Å². The molecule has 0 spiro atoms. The minimum absolute atomic E-state index is 0.0313. The number of fused-ring (bicyclic) bond motifs is 1. The van der Waals surface area contributed by atoms with Gasteiger partial charge in [0.15, 0.2) is 0 Å². The van der Waals surface area contributed by atoms with Crippen LogP contribution in [-0.2, 0) is 22.7 Å². The number of carbonyl (C=O) groups is 2. The number of carbonyl (C=O) groups excluding carboxylic acids is 2. The first-order chi connectivity index (χ1) is 16.4. The molecule has 2 fully saturated rings. The van der Waals surface area contributed by atoms with Gasteiger partial charge in [-0.3, -0.25) is 19.4 Å². The fourth-order valence-corrected chi connectivity index (χ4v) is 5.08. The fourth-order valence-electron chi connectivity index (χ4n) is 5.08. The Bertz CT molecular complexity index is 976. The van der Waals surface area contributed by atoms with Gasteiger partial charge in [0.25, 0.3) is 0 Å². The standard InChI is InChI=1S/C27H36N4O3/c1-19-4-6-21(7-5-19)18-31-15-14-24-26(31)27(33)29-17-22(30(24)2)10-13-25(32)28-16-20-8-11-23(34-3)12-9-20/h4-9,11-12,22,24,26H,10,13-18H2,1-3H3,(H,28,32)(H,29,33)/t22-,24-,26-/m0/s1. The lowest BCUT2D eigenvalue weighted by Gasteiger charge is -2.33. The molecule has 0 bridgehead atoms. The van der Waals surface area contributed by atoms with Crippen molar-refractivity contribution in [3.8, 4) is 5.75 Å². The molecule has 182 valence electrons. The van der Waals surface area contributed by atoms with Gasteiger partial charge in [-0.05, 0) is 50.1 Å². The summed E-state index contributed by atoms with van der Waals surface area (Å²) in [6.45, 7) is 4.84. The predicted molar refractivity (Wildman–Crippen MR) is 132 cm³/mol. The minimum atomic E-state index is -0.153. The van der Waals surface area contributed by atoms with Gasteiger partial charge in [0.05, 0.1) is 7.11 Å². The number of aryl methyl sites for hydroxylation is 1. The Labute approximate surface area is 202 Å². The van der Waals surface area contributed by atoms with E-state index in [2.05, 4.69) is 58.7 Å². The van der Waals surface area contributed by atoms with Crippen molar-refractivity contribution >= 4 is 11.8 Å². The lowest BCUT2D eigenvalue weighted by molar-refractivity contribution is -0.126. The van der Waals surface area contributed by atoms with Crippen LogP contribution in [-0.4, -0.2) is 67.0 Å². The van der Waals surface area contributed by atoms with E-state index in [1.165, 1.54) is 11.1 Å². The van der Waals surface area contributed by atoms with Crippen molar-refractivity contribution in [3.63, 3.8) is 0 Å². The zero-order chi connectivity index (χ0) is 24.1. The minimum Gasteiger partial charge on any atom is -0.497 e. The molecule has 2 aromatic carbocycles. The molecular formula is C27H36N4O3. The maximum absolute atomic E-state index is 13.0. The number of methoxy groups -OCH3 is 1. The molecule has 0 saturated carbocycles. The predicted octanol–water partition coefficient (Wildman–Crippen LogP) is 2.47. The number of hydrogen-bond donors (Lipinski definition) is 2. The van der Waals surface area contributed by atoms with Gasteiger partial charge in [0.1, 0.15) is 11.8 Å². The third kappa shape index (κ3) is 5.77. The van der Waals surface area contributed by atoms with Gasteiger partial charge >= 0.3 is 0 Å². The van der Waals surface area contributed by atoms with E-state index in [4.69, 9.17) is 4.74 Å². The molecule has 4 rings (SSSR count). The van der Waals surface area contributed by atoms with Crippen LogP contribution in [0, 0.1) is 6.92 Å². The number of ether oxygens (including phenoxy) is 1. The zero-order valence-corrected chi connectivity index (χ0v) is 20.4. The number of amides is 2. The van der Waals surface area contributed by atoms with Crippen molar-refractivity contribution < 1.29 is 14.3 Å². The van der Waals surface area contributed by atoms with Crippen molar-refractivity contribution in [2.24, 2.45) is 0 Å². The highest BCUT2D eigenvalue weighted by Gasteiger charge is 2.44. The van der Waals surface area contributed by atoms with E-state index in [1.807, 2.05) is 24.3 Å². The van der Waals surface area contributed by atoms with Gasteiger partial charge in [-0.25, -0.2) is 0 Å². The van der Waals surface area contributed by atoms with Crippen LogP contribution >= 0.6 is 0 Å². The average molecular weight is 465 g/mol. The smallest absolute Gasteiger partial charge is 0.239 e. The normalized spacial score (nSPS) is 23.1. The number of rotatable bonds is 8. The van der Waals surface area contributed by atoms with Gasteiger partial charge < -0.3 is 15.4 Å². The molecule has 0 aliphatic carbocycles. The molecule has 34 heavy (non-hydrogen) atoms. The monoisotopic (exact) mass is 464 g/mol. The number of benzene rings is 2. The Kier molecular flexibility index (Phi) is 7.85. The SMILES string of the molecule is COc1ccc(CNC(=O)CC[C@H]2CNC(=O)[C@@H]3[C@H](CCN3Cc3ccc(C)cc3)N2C)cc1. The second kappa shape index (κ2) is 11.0. The molecule has 2 aliphatic rings. The summed E-state index contributed by atoms with van der Waals surface area (Å²) in [6, 6.07) is 16.4. The summed E-state index contributed by atoms with van der Waals surface area (Å²) >= 11 is 0. The van der Waals surface area contributed by atoms with E-state index in [9.17, 15) is 9.59 Å². The van der Waals surface area contributed by atoms with E-state index in [0.29, 0.717) is 25.9 Å². The van der Waals surface area contributed by atoms with E-state index >= 15 is 0 Å². The van der Waals surface area contributed by atoms with Crippen LogP contribution in [0.25, 0.3) is 0 Å². The summed E-state index contributed by atoms with van der Waals surface area (Å²) in [4.78, 5) is 30.1. The summed E-state index contributed by atoms with van der Waals surface area (Å²) in [7, 11) is 3.74. The van der Waals surface area contributed by atoms with E-state index in [-0.39, 0.29) is 29.9 Å². The molecule has 7 nitrogen and oxygen atoms in total. The fraction of sp³-hybridized carbons (Fsp3) is 0.481. The first-order valence-electron chi connectivity index (χ1n) is 12.1. The van der Waals surface area contributed by atoms with Crippen LogP contribution in [0.2, 0.25) is 0 Å². The van der Waals surface area contributed by atoms with Crippen LogP contribution in [0.15, 0.2) is 48.5 Å². The van der Waals surface area contributed by atoms with Crippen molar-refractivity contribution in [3.05, 3.63) is 65.2 Å². The van der Waals surface area contributed by atoms with Crippen molar-refractivity contribution in [2.45, 2.75) is 57.4 Å². The molecule has 2 heterocycles. The largest absolute Gasteiger partial charge is 0.497 e. The second-order valence-corrected chi connectivity index (χ2v) is 9.48. The molecule has 2 aliphatic heterocycles. The van der Waals surface area contributed by atoms with Gasteiger partial charge in [0, 0.05) is 44.7 Å². The maximum atomic E-state index is 13.0. The number of hydrogen-bond acceptors (Lipinski definition) is 5. The third-order valence-corrected chi connectivity index (χ3v) is 7.21. The van der Waals surface area contributed by atoms with E-state index in [0.717, 1.165) is 30.8 Å². The molecule has 2 aromatic rings. The molecular weight excluding hydrogens is 428 g/mol. The van der Waals surface area contributed by atoms with Crippen LogP contribution in [0.3, 0.4) is 0 Å². The summed E-state index contributed by atoms with van der Waals surface area (Å²) in [5, 5.41) is 6.15. The highest BCUT2D eigenvalue weighted by atomic mass is 16.5. The summed E-state index contributed by atoms with van der Waals surface area (Å²) in [5.41, 5.74) is 3.51. The van der Waals surface area contributed by atoms with Gasteiger partial charge in [-0.2, -0.15) is 0 Å². The molecule has 2 N–H and O–H groups in total. The maximum Gasteiger partial charge on any atom is 0.239 e. The number of likely N-dealkylation sites (tertiary alicyclic amines) is 1. The molecule has 2 saturated heterocycles. The van der Waals surface area contributed by atoms with Crippen LogP contribution in [0.5, 0.6) is 5.75 Å². The molecule has 3 atom stereocenters. The lowest BCUT2D eigenvalue weighted by Crippen LogP contribution is -2.49. The summed E-state index contributed by atoms with van der Waals surface area (Å²) < 4.78 is 5.17. The lowest BCUT2D eigenvalue weighted by atomic mass is 10.0. The number of likely N-dealkylation sites (N-methyl/N-ethyl adjacent to an activating group) is 1. The van der Waals surface area contributed by atoms with Crippen LogP contribution in [0.1, 0.15) is 36.0 Å². The van der Waals surface area contributed by atoms with E-state index in [1.54, 1.807) is 7.11 Å². The number of nitrogens with one attached hydrogen (secondary N) is 2. The second-order valence-electron chi connectivity index (χ2n) is 9.48. The highest BCUT2D eigenvalue weighted by molar-refractivity contribution is 5.83. The summed E-state index contributed by atoms with van der Waals surface area (Å²) in [6.07, 6.45) is 2.11. The first kappa shape index (κ1) is 24.2. The quantitative estimate of drug-likeness (QED) is 0.628. The van der Waals surface area contributed by atoms with Gasteiger partial charge in [-0.15, -0.1) is 0 Å². The van der Waals surface area contributed by atoms with E-state index < -0.39 is 0 Å². The molecule has 7 heteroatoms.